The van der Waals surface area contributed by atoms with E-state index >= 15 is 0 Å². The van der Waals surface area contributed by atoms with E-state index in [1.54, 1.807) is 22.4 Å². The molecule has 0 amide bonds. The van der Waals surface area contributed by atoms with Gasteiger partial charge in [0, 0.05) is 36.8 Å². The smallest absolute Gasteiger partial charge is 0.356 e. The summed E-state index contributed by atoms with van der Waals surface area (Å²) in [6.45, 7) is 3.79. The van der Waals surface area contributed by atoms with Crippen LogP contribution in [0.15, 0.2) is 53.5 Å². The van der Waals surface area contributed by atoms with Gasteiger partial charge in [-0.1, -0.05) is 17.7 Å². The molecule has 0 radical (unpaired) electrons. The number of aromatic nitrogens is 5. The largest absolute Gasteiger partial charge is 0.476 e. The molecule has 5 rings (SSSR count). The predicted octanol–water partition coefficient (Wildman–Crippen LogP) is 4.72. The Morgan fingerprint density at radius 2 is 1.89 bits per heavy atom. The normalized spacial score (nSPS) is 12.2. The van der Waals surface area contributed by atoms with Crippen LogP contribution in [0.25, 0.3) is 33.2 Å². The fourth-order valence-corrected chi connectivity index (χ4v) is 4.60. The molecule has 9 nitrogen and oxygen atoms in total. The summed E-state index contributed by atoms with van der Waals surface area (Å²) in [5.41, 5.74) is 3.81. The Kier molecular flexibility index (Phi) is 5.72. The van der Waals surface area contributed by atoms with Crippen LogP contribution < -0.4 is 10.9 Å². The minimum absolute atomic E-state index is 0.0898. The van der Waals surface area contributed by atoms with Gasteiger partial charge in [0.25, 0.3) is 5.56 Å². The maximum atomic E-state index is 13.4. The molecule has 0 aliphatic carbocycles. The number of fused-ring (bicyclic) bond motifs is 2. The number of carbonyl (C=O) groups is 1. The Balaban J connectivity index is 1.67. The lowest BCUT2D eigenvalue weighted by Crippen LogP contribution is -2.22. The highest BCUT2D eigenvalue weighted by Crippen LogP contribution is 2.30. The molecule has 5 aromatic rings. The summed E-state index contributed by atoms with van der Waals surface area (Å²) in [5, 5.41) is 18.7. The Hall–Kier alpha value is -4.24. The summed E-state index contributed by atoms with van der Waals surface area (Å²) in [4.78, 5) is 34.0. The zero-order chi connectivity index (χ0) is 25.7. The molecule has 3 aromatic heterocycles. The Morgan fingerprint density at radius 1 is 1.11 bits per heavy atom. The number of rotatable bonds is 5. The van der Waals surface area contributed by atoms with Gasteiger partial charge in [0.2, 0.25) is 0 Å². The number of carboxylic acid groups (broad SMARTS) is 1. The van der Waals surface area contributed by atoms with Gasteiger partial charge in [-0.25, -0.2) is 14.8 Å². The Morgan fingerprint density at radius 3 is 2.64 bits per heavy atom. The van der Waals surface area contributed by atoms with E-state index in [2.05, 4.69) is 15.4 Å². The molecule has 0 fully saturated rings. The second kappa shape index (κ2) is 8.76. The van der Waals surface area contributed by atoms with E-state index in [4.69, 9.17) is 16.6 Å². The predicted molar refractivity (Wildman–Crippen MR) is 140 cm³/mol. The van der Waals surface area contributed by atoms with Gasteiger partial charge in [0.1, 0.15) is 11.0 Å². The van der Waals surface area contributed by atoms with Crippen molar-refractivity contribution in [1.82, 2.24) is 24.3 Å². The van der Waals surface area contributed by atoms with Crippen molar-refractivity contribution in [2.75, 3.05) is 5.32 Å². The molecule has 0 saturated heterocycles. The summed E-state index contributed by atoms with van der Waals surface area (Å²) in [6.07, 6.45) is 1.92. The van der Waals surface area contributed by atoms with Crippen LogP contribution in [0.1, 0.15) is 34.6 Å². The molecular weight excluding hydrogens is 480 g/mol. The Bertz CT molecular complexity index is 1740. The Labute approximate surface area is 211 Å². The van der Waals surface area contributed by atoms with E-state index in [0.717, 1.165) is 27.6 Å². The van der Waals surface area contributed by atoms with Crippen molar-refractivity contribution < 1.29 is 9.90 Å². The second-order valence-corrected chi connectivity index (χ2v) is 9.21. The van der Waals surface area contributed by atoms with Crippen molar-refractivity contribution in [3.8, 4) is 11.4 Å². The van der Waals surface area contributed by atoms with Gasteiger partial charge in [-0.3, -0.25) is 14.0 Å². The first-order valence-electron chi connectivity index (χ1n) is 11.2. The molecule has 3 heterocycles. The topological polar surface area (TPSA) is 115 Å². The number of aryl methyl sites for hydroxylation is 2. The number of pyridine rings is 1. The van der Waals surface area contributed by atoms with Crippen LogP contribution in [-0.2, 0) is 14.1 Å². The third-order valence-corrected chi connectivity index (χ3v) is 6.34. The molecule has 0 saturated carbocycles. The van der Waals surface area contributed by atoms with Gasteiger partial charge < -0.3 is 10.4 Å². The van der Waals surface area contributed by atoms with Crippen LogP contribution in [0, 0.1) is 6.92 Å². The third kappa shape index (κ3) is 4.07. The lowest BCUT2D eigenvalue weighted by Gasteiger charge is -2.20. The summed E-state index contributed by atoms with van der Waals surface area (Å²) in [5.74, 6) is -0.670. The van der Waals surface area contributed by atoms with E-state index in [9.17, 15) is 14.7 Å². The molecule has 10 heteroatoms. The first-order valence-corrected chi connectivity index (χ1v) is 11.6. The molecule has 2 aromatic carbocycles. The van der Waals surface area contributed by atoms with Crippen molar-refractivity contribution in [1.29, 1.82) is 0 Å². The van der Waals surface area contributed by atoms with Gasteiger partial charge in [-0.15, -0.1) is 0 Å². The van der Waals surface area contributed by atoms with E-state index in [0.29, 0.717) is 22.4 Å². The fourth-order valence-electron chi connectivity index (χ4n) is 4.45. The van der Waals surface area contributed by atoms with Crippen LogP contribution >= 0.6 is 11.6 Å². The van der Waals surface area contributed by atoms with Gasteiger partial charge in [-0.05, 0) is 55.8 Å². The first kappa shape index (κ1) is 23.5. The van der Waals surface area contributed by atoms with Crippen LogP contribution in [-0.4, -0.2) is 35.4 Å². The summed E-state index contributed by atoms with van der Waals surface area (Å²) in [7, 11) is 3.57. The molecule has 0 aliphatic rings. The monoisotopic (exact) mass is 502 g/mol. The minimum atomic E-state index is -1.19. The average molecular weight is 503 g/mol. The molecule has 0 bridgehead atoms. The zero-order valence-corrected chi connectivity index (χ0v) is 20.8. The van der Waals surface area contributed by atoms with Gasteiger partial charge in [-0.2, -0.15) is 5.10 Å². The number of hydrogen-bond donors (Lipinski definition) is 2. The van der Waals surface area contributed by atoms with E-state index in [1.807, 2.05) is 57.4 Å². The SMILES string of the molecule is Cc1cc([C@@H](C)Nc2ccc(Cl)nc2C(=O)O)c2nc(-c3ccc4nn(C)cc4c3)n(C)c(=O)c2c1. The van der Waals surface area contributed by atoms with Gasteiger partial charge >= 0.3 is 5.97 Å². The number of aromatic carboxylic acids is 1. The van der Waals surface area contributed by atoms with Crippen molar-refractivity contribution in [2.45, 2.75) is 19.9 Å². The van der Waals surface area contributed by atoms with E-state index in [1.165, 1.54) is 6.07 Å². The number of hydrogen-bond acceptors (Lipinski definition) is 6. The number of anilines is 1. The van der Waals surface area contributed by atoms with Crippen LogP contribution in [0.5, 0.6) is 0 Å². The molecule has 0 spiro atoms. The molecule has 0 aliphatic heterocycles. The highest BCUT2D eigenvalue weighted by Gasteiger charge is 2.20. The molecule has 2 N–H and O–H groups in total. The quantitative estimate of drug-likeness (QED) is 0.334. The van der Waals surface area contributed by atoms with Gasteiger partial charge in [0.05, 0.1) is 28.1 Å². The minimum Gasteiger partial charge on any atom is -0.476 e. The number of carboxylic acids is 1. The first-order chi connectivity index (χ1) is 17.1. The average Bonchev–Trinajstić information content (AvgIpc) is 3.21. The molecule has 182 valence electrons. The maximum Gasteiger partial charge on any atom is 0.356 e. The molecule has 1 atom stereocenters. The van der Waals surface area contributed by atoms with Gasteiger partial charge in [0.15, 0.2) is 5.69 Å². The third-order valence-electron chi connectivity index (χ3n) is 6.13. The standard InChI is InChI=1S/C26H23ClN6O3/c1-13-9-17(14(2)28-20-7-8-21(27)29-23(20)26(35)36)22-18(10-13)25(34)33(4)24(30-22)15-5-6-19-16(11-15)12-32(3)31-19/h5-12,14,28H,1-4H3,(H,35,36)/t14-/m1/s1. The number of nitrogens with one attached hydrogen (secondary N) is 1. The van der Waals surface area contributed by atoms with E-state index < -0.39 is 5.97 Å². The maximum absolute atomic E-state index is 13.4. The van der Waals surface area contributed by atoms with Crippen LogP contribution in [0.3, 0.4) is 0 Å². The summed E-state index contributed by atoms with van der Waals surface area (Å²) < 4.78 is 3.29. The van der Waals surface area contributed by atoms with Crippen molar-refractivity contribution >= 4 is 45.1 Å². The van der Waals surface area contributed by atoms with Crippen molar-refractivity contribution in [3.05, 3.63) is 81.0 Å². The molecule has 36 heavy (non-hydrogen) atoms. The number of nitrogens with zero attached hydrogens (tertiary/aromatic N) is 5. The second-order valence-electron chi connectivity index (χ2n) is 8.83. The number of benzene rings is 2. The molecule has 0 unspecified atom stereocenters. The highest BCUT2D eigenvalue weighted by molar-refractivity contribution is 6.29. The fraction of sp³-hybridized carbons (Fsp3) is 0.192. The van der Waals surface area contributed by atoms with E-state index in [-0.39, 0.29) is 22.4 Å². The summed E-state index contributed by atoms with van der Waals surface area (Å²) >= 11 is 5.90. The van der Waals surface area contributed by atoms with Crippen molar-refractivity contribution in [3.63, 3.8) is 0 Å². The van der Waals surface area contributed by atoms with Crippen LogP contribution in [0.4, 0.5) is 5.69 Å². The zero-order valence-electron chi connectivity index (χ0n) is 20.1. The highest BCUT2D eigenvalue weighted by atomic mass is 35.5. The summed E-state index contributed by atoms with van der Waals surface area (Å²) in [6, 6.07) is 12.3. The lowest BCUT2D eigenvalue weighted by molar-refractivity contribution is 0.0691. The number of halogens is 1. The van der Waals surface area contributed by atoms with Crippen LogP contribution in [0.2, 0.25) is 5.15 Å². The molecular formula is C26H23ClN6O3. The lowest BCUT2D eigenvalue weighted by atomic mass is 10.0. The van der Waals surface area contributed by atoms with Crippen molar-refractivity contribution in [2.24, 2.45) is 14.1 Å².